The summed E-state index contributed by atoms with van der Waals surface area (Å²) in [5.74, 6) is 5.45. The van der Waals surface area contributed by atoms with Crippen molar-refractivity contribution in [2.24, 2.45) is 5.84 Å². The summed E-state index contributed by atoms with van der Waals surface area (Å²) >= 11 is 6.88. The van der Waals surface area contributed by atoms with E-state index in [1.807, 2.05) is 19.9 Å². The second kappa shape index (κ2) is 7.01. The van der Waals surface area contributed by atoms with Crippen molar-refractivity contribution in [1.82, 2.24) is 5.43 Å². The average molecular weight is 416 g/mol. The number of benzene rings is 2. The second-order valence-electron chi connectivity index (χ2n) is 5.17. The third-order valence-corrected chi connectivity index (χ3v) is 5.13. The minimum Gasteiger partial charge on any atom is -0.271 e. The minimum absolute atomic E-state index is 0.0656. The molecule has 0 aromatic heterocycles. The van der Waals surface area contributed by atoms with Crippen LogP contribution in [0.2, 0.25) is 0 Å². The van der Waals surface area contributed by atoms with E-state index < -0.39 is 0 Å². The predicted molar refractivity (Wildman–Crippen MR) is 91.5 cm³/mol. The van der Waals surface area contributed by atoms with E-state index in [4.69, 9.17) is 5.84 Å². The van der Waals surface area contributed by atoms with E-state index in [0.29, 0.717) is 6.42 Å². The van der Waals surface area contributed by atoms with Crippen LogP contribution in [0.25, 0.3) is 0 Å². The zero-order chi connectivity index (χ0) is 15.6. The smallest absolute Gasteiger partial charge is 0.124 e. The maximum atomic E-state index is 13.5. The third-order valence-electron chi connectivity index (χ3n) is 3.42. The van der Waals surface area contributed by atoms with Crippen molar-refractivity contribution >= 4 is 31.9 Å². The lowest BCUT2D eigenvalue weighted by Crippen LogP contribution is -2.29. The van der Waals surface area contributed by atoms with Gasteiger partial charge in [-0.05, 0) is 60.7 Å². The molecule has 21 heavy (non-hydrogen) atoms. The van der Waals surface area contributed by atoms with E-state index in [1.165, 1.54) is 12.1 Å². The van der Waals surface area contributed by atoms with Crippen LogP contribution in [-0.2, 0) is 6.42 Å². The highest BCUT2D eigenvalue weighted by molar-refractivity contribution is 9.10. The van der Waals surface area contributed by atoms with Crippen LogP contribution in [0.15, 0.2) is 39.3 Å². The van der Waals surface area contributed by atoms with Gasteiger partial charge in [-0.3, -0.25) is 11.3 Å². The van der Waals surface area contributed by atoms with E-state index in [9.17, 15) is 4.39 Å². The van der Waals surface area contributed by atoms with Gasteiger partial charge in [0, 0.05) is 8.95 Å². The Morgan fingerprint density at radius 3 is 2.24 bits per heavy atom. The third kappa shape index (κ3) is 4.13. The van der Waals surface area contributed by atoms with Gasteiger partial charge in [-0.25, -0.2) is 4.39 Å². The van der Waals surface area contributed by atoms with Gasteiger partial charge in [-0.15, -0.1) is 0 Å². The fourth-order valence-electron chi connectivity index (χ4n) is 2.42. The first-order valence-corrected chi connectivity index (χ1v) is 8.17. The van der Waals surface area contributed by atoms with Crippen LogP contribution in [0.3, 0.4) is 0 Å². The van der Waals surface area contributed by atoms with Crippen molar-refractivity contribution < 1.29 is 4.39 Å². The molecule has 0 fully saturated rings. The topological polar surface area (TPSA) is 38.0 Å². The van der Waals surface area contributed by atoms with Crippen LogP contribution in [-0.4, -0.2) is 0 Å². The maximum absolute atomic E-state index is 13.5. The number of halogens is 3. The van der Waals surface area contributed by atoms with Crippen molar-refractivity contribution in [2.75, 3.05) is 0 Å². The normalized spacial score (nSPS) is 12.5. The molecule has 1 unspecified atom stereocenters. The second-order valence-corrected chi connectivity index (χ2v) is 6.88. The molecule has 0 amide bonds. The molecule has 0 saturated heterocycles. The summed E-state index contributed by atoms with van der Waals surface area (Å²) in [5, 5.41) is 0. The van der Waals surface area contributed by atoms with Crippen molar-refractivity contribution in [3.63, 3.8) is 0 Å². The first-order valence-electron chi connectivity index (χ1n) is 6.58. The molecule has 0 bridgehead atoms. The summed E-state index contributed by atoms with van der Waals surface area (Å²) in [6.45, 7) is 4.10. The van der Waals surface area contributed by atoms with E-state index in [1.54, 1.807) is 0 Å². The van der Waals surface area contributed by atoms with Crippen LogP contribution in [0.4, 0.5) is 4.39 Å². The van der Waals surface area contributed by atoms with Crippen LogP contribution >= 0.6 is 31.9 Å². The fourth-order valence-corrected chi connectivity index (χ4v) is 3.16. The Labute approximate surface area is 141 Å². The molecule has 1 atom stereocenters. The van der Waals surface area contributed by atoms with Gasteiger partial charge in [0.15, 0.2) is 0 Å². The number of rotatable bonds is 4. The molecule has 2 rings (SSSR count). The molecule has 0 saturated carbocycles. The Morgan fingerprint density at radius 2 is 1.71 bits per heavy atom. The number of hydrazine groups is 1. The molecule has 5 heteroatoms. The predicted octanol–water partition coefficient (Wildman–Crippen LogP) is 4.71. The molecule has 0 heterocycles. The van der Waals surface area contributed by atoms with Crippen molar-refractivity contribution in [3.8, 4) is 0 Å². The lowest BCUT2D eigenvalue weighted by molar-refractivity contribution is 0.547. The quantitative estimate of drug-likeness (QED) is 0.560. The number of aryl methyl sites for hydroxylation is 2. The van der Waals surface area contributed by atoms with E-state index >= 15 is 0 Å². The van der Waals surface area contributed by atoms with Gasteiger partial charge < -0.3 is 0 Å². The van der Waals surface area contributed by atoms with Crippen LogP contribution in [0.1, 0.15) is 28.3 Å². The number of nitrogens with two attached hydrogens (primary N) is 1. The monoisotopic (exact) mass is 414 g/mol. The van der Waals surface area contributed by atoms with Crippen LogP contribution in [0, 0.1) is 19.7 Å². The summed E-state index contributed by atoms with van der Waals surface area (Å²) in [6.07, 6.45) is 0.618. The molecule has 3 N–H and O–H groups in total. The van der Waals surface area contributed by atoms with Gasteiger partial charge in [0.2, 0.25) is 0 Å². The Morgan fingerprint density at radius 1 is 1.10 bits per heavy atom. The lowest BCUT2D eigenvalue weighted by Gasteiger charge is -2.19. The molecule has 0 aliphatic carbocycles. The lowest BCUT2D eigenvalue weighted by atomic mass is 9.96. The van der Waals surface area contributed by atoms with Crippen LogP contribution in [0.5, 0.6) is 0 Å². The van der Waals surface area contributed by atoms with E-state index in [0.717, 1.165) is 31.2 Å². The number of hydrogen-bond acceptors (Lipinski definition) is 2. The highest BCUT2D eigenvalue weighted by Gasteiger charge is 2.14. The number of nitrogens with one attached hydrogen (secondary N) is 1. The molecule has 0 aliphatic heterocycles. The summed E-state index contributed by atoms with van der Waals surface area (Å²) < 4.78 is 15.3. The summed E-state index contributed by atoms with van der Waals surface area (Å²) in [5.41, 5.74) is 7.13. The average Bonchev–Trinajstić information content (AvgIpc) is 2.40. The molecule has 0 aliphatic rings. The van der Waals surface area contributed by atoms with Gasteiger partial charge in [0.1, 0.15) is 5.82 Å². The Hall–Kier alpha value is -0.750. The molecule has 0 radical (unpaired) electrons. The van der Waals surface area contributed by atoms with Gasteiger partial charge in [0.25, 0.3) is 0 Å². The summed E-state index contributed by atoms with van der Waals surface area (Å²) in [7, 11) is 0. The highest BCUT2D eigenvalue weighted by Crippen LogP contribution is 2.27. The SMILES string of the molecule is Cc1cc(C(Cc2cc(F)cc(Br)c2)NN)cc(C)c1Br. The zero-order valence-corrected chi connectivity index (χ0v) is 15.1. The Kier molecular flexibility index (Phi) is 5.54. The molecular formula is C16H17Br2FN2. The Bertz CT molecular complexity index is 615. The van der Waals surface area contributed by atoms with Crippen molar-refractivity contribution in [2.45, 2.75) is 26.3 Å². The van der Waals surface area contributed by atoms with Gasteiger partial charge in [0.05, 0.1) is 6.04 Å². The standard InChI is InChI=1S/C16H17Br2FN2/c1-9-3-12(4-10(2)16(9)18)15(21-20)7-11-5-13(17)8-14(19)6-11/h3-6,8,15,21H,7,20H2,1-2H3. The van der Waals surface area contributed by atoms with Gasteiger partial charge in [-0.1, -0.05) is 44.0 Å². The molecule has 2 nitrogen and oxygen atoms in total. The molecule has 112 valence electrons. The molecule has 2 aromatic rings. The summed E-state index contributed by atoms with van der Waals surface area (Å²) in [4.78, 5) is 0. The largest absolute Gasteiger partial charge is 0.271 e. The number of hydrogen-bond donors (Lipinski definition) is 2. The van der Waals surface area contributed by atoms with Crippen molar-refractivity contribution in [1.29, 1.82) is 0 Å². The van der Waals surface area contributed by atoms with E-state index in [-0.39, 0.29) is 11.9 Å². The maximum Gasteiger partial charge on any atom is 0.124 e. The highest BCUT2D eigenvalue weighted by atomic mass is 79.9. The molecular weight excluding hydrogens is 399 g/mol. The first-order chi connectivity index (χ1) is 9.90. The summed E-state index contributed by atoms with van der Waals surface area (Å²) in [6, 6.07) is 9.01. The minimum atomic E-state index is -0.252. The molecule has 2 aromatic carbocycles. The van der Waals surface area contributed by atoms with Crippen LogP contribution < -0.4 is 11.3 Å². The molecule has 0 spiro atoms. The van der Waals surface area contributed by atoms with Gasteiger partial charge in [-0.2, -0.15) is 0 Å². The first kappa shape index (κ1) is 16.6. The fraction of sp³-hybridized carbons (Fsp3) is 0.250. The Balaban J connectivity index is 2.31. The van der Waals surface area contributed by atoms with E-state index in [2.05, 4.69) is 49.4 Å². The zero-order valence-electron chi connectivity index (χ0n) is 11.9. The van der Waals surface area contributed by atoms with Gasteiger partial charge >= 0.3 is 0 Å². The van der Waals surface area contributed by atoms with Crippen molar-refractivity contribution in [3.05, 3.63) is 67.3 Å².